The van der Waals surface area contributed by atoms with E-state index in [0.29, 0.717) is 11.5 Å². The van der Waals surface area contributed by atoms with Gasteiger partial charge >= 0.3 is 0 Å². The molecule has 2 rings (SSSR count). The van der Waals surface area contributed by atoms with E-state index in [1.54, 1.807) is 0 Å². The average molecular weight is 235 g/mol. The summed E-state index contributed by atoms with van der Waals surface area (Å²) in [5, 5.41) is 4.55. The number of rotatable bonds is 2. The summed E-state index contributed by atoms with van der Waals surface area (Å²) >= 11 is 0. The van der Waals surface area contributed by atoms with E-state index in [1.807, 2.05) is 6.20 Å². The third-order valence-corrected chi connectivity index (χ3v) is 3.45. The second-order valence-corrected chi connectivity index (χ2v) is 6.60. The molecule has 17 heavy (non-hydrogen) atoms. The van der Waals surface area contributed by atoms with Gasteiger partial charge in [0.1, 0.15) is 0 Å². The Balaban J connectivity index is 1.98. The van der Waals surface area contributed by atoms with Gasteiger partial charge < -0.3 is 4.90 Å². The minimum atomic E-state index is 0.348. The predicted molar refractivity (Wildman–Crippen MR) is 71.2 cm³/mol. The topological polar surface area (TPSA) is 21.1 Å². The van der Waals surface area contributed by atoms with E-state index >= 15 is 0 Å². The normalized spacial score (nSPS) is 19.8. The van der Waals surface area contributed by atoms with Crippen LogP contribution in [0.1, 0.15) is 45.2 Å². The molecule has 0 atom stereocenters. The number of piperidine rings is 1. The van der Waals surface area contributed by atoms with Crippen molar-refractivity contribution in [2.24, 2.45) is 5.41 Å². The van der Waals surface area contributed by atoms with Gasteiger partial charge in [-0.1, -0.05) is 20.8 Å². The fraction of sp³-hybridized carbons (Fsp3) is 0.786. The van der Waals surface area contributed by atoms with E-state index in [4.69, 9.17) is 0 Å². The molecular formula is C14H25N3. The molecule has 1 aromatic rings. The fourth-order valence-electron chi connectivity index (χ4n) is 2.54. The van der Waals surface area contributed by atoms with Crippen LogP contribution < -0.4 is 0 Å². The smallest absolute Gasteiger partial charge is 0.0543 e. The number of hydrogen-bond acceptors (Lipinski definition) is 2. The van der Waals surface area contributed by atoms with Gasteiger partial charge in [0.25, 0.3) is 0 Å². The highest BCUT2D eigenvalue weighted by atomic mass is 15.3. The number of hydrogen-bond donors (Lipinski definition) is 0. The fourth-order valence-corrected chi connectivity index (χ4v) is 2.54. The molecule has 2 heterocycles. The second-order valence-electron chi connectivity index (χ2n) is 6.60. The van der Waals surface area contributed by atoms with Gasteiger partial charge in [0.2, 0.25) is 0 Å². The predicted octanol–water partition coefficient (Wildman–Crippen LogP) is 2.74. The van der Waals surface area contributed by atoms with Crippen LogP contribution in [0.4, 0.5) is 0 Å². The van der Waals surface area contributed by atoms with Crippen LogP contribution in [0.3, 0.4) is 0 Å². The standard InChI is InChI=1S/C14H25N3/c1-14(2,3)9-12-10-15-17(11-12)13-5-7-16(4)8-6-13/h10-11,13H,5-9H2,1-4H3. The molecule has 0 bridgehead atoms. The van der Waals surface area contributed by atoms with Gasteiger partial charge in [-0.2, -0.15) is 5.10 Å². The maximum atomic E-state index is 4.55. The van der Waals surface area contributed by atoms with Crippen LogP contribution in [-0.2, 0) is 6.42 Å². The first-order valence-electron chi connectivity index (χ1n) is 6.66. The van der Waals surface area contributed by atoms with Gasteiger partial charge in [0, 0.05) is 6.20 Å². The average Bonchev–Trinajstić information content (AvgIpc) is 2.64. The molecule has 3 heteroatoms. The largest absolute Gasteiger partial charge is 0.306 e. The monoisotopic (exact) mass is 235 g/mol. The lowest BCUT2D eigenvalue weighted by Gasteiger charge is -2.29. The zero-order valence-corrected chi connectivity index (χ0v) is 11.6. The van der Waals surface area contributed by atoms with E-state index in [0.717, 1.165) is 6.42 Å². The van der Waals surface area contributed by atoms with Crippen LogP contribution >= 0.6 is 0 Å². The lowest BCUT2D eigenvalue weighted by molar-refractivity contribution is 0.212. The highest BCUT2D eigenvalue weighted by Gasteiger charge is 2.19. The van der Waals surface area contributed by atoms with Crippen LogP contribution in [-0.4, -0.2) is 34.8 Å². The molecular weight excluding hydrogens is 210 g/mol. The Hall–Kier alpha value is -0.830. The Morgan fingerprint density at radius 3 is 2.53 bits per heavy atom. The van der Waals surface area contributed by atoms with Crippen molar-refractivity contribution >= 4 is 0 Å². The molecule has 0 amide bonds. The molecule has 0 aliphatic carbocycles. The Morgan fingerprint density at radius 2 is 1.94 bits per heavy atom. The Morgan fingerprint density at radius 1 is 1.29 bits per heavy atom. The summed E-state index contributed by atoms with van der Waals surface area (Å²) in [6.07, 6.45) is 7.87. The van der Waals surface area contributed by atoms with Crippen molar-refractivity contribution < 1.29 is 0 Å². The first kappa shape index (κ1) is 12.6. The lowest BCUT2D eigenvalue weighted by Crippen LogP contribution is -2.31. The van der Waals surface area contributed by atoms with Crippen molar-refractivity contribution in [1.29, 1.82) is 0 Å². The maximum Gasteiger partial charge on any atom is 0.0543 e. The summed E-state index contributed by atoms with van der Waals surface area (Å²) in [6, 6.07) is 0.611. The van der Waals surface area contributed by atoms with Crippen molar-refractivity contribution in [2.75, 3.05) is 20.1 Å². The molecule has 1 saturated heterocycles. The summed E-state index contributed by atoms with van der Waals surface area (Å²) in [5.74, 6) is 0. The Kier molecular flexibility index (Phi) is 3.57. The molecule has 96 valence electrons. The summed E-state index contributed by atoms with van der Waals surface area (Å²) < 4.78 is 2.19. The van der Waals surface area contributed by atoms with Crippen molar-refractivity contribution in [2.45, 2.75) is 46.1 Å². The zero-order valence-electron chi connectivity index (χ0n) is 11.6. The van der Waals surface area contributed by atoms with Gasteiger partial charge in [0.05, 0.1) is 12.2 Å². The first-order valence-corrected chi connectivity index (χ1v) is 6.66. The summed E-state index contributed by atoms with van der Waals surface area (Å²) in [6.45, 7) is 9.22. The number of aromatic nitrogens is 2. The molecule has 1 fully saturated rings. The van der Waals surface area contributed by atoms with Crippen LogP contribution in [0.25, 0.3) is 0 Å². The quantitative estimate of drug-likeness (QED) is 0.786. The van der Waals surface area contributed by atoms with E-state index < -0.39 is 0 Å². The molecule has 1 aliphatic heterocycles. The van der Waals surface area contributed by atoms with Gasteiger partial charge in [-0.25, -0.2) is 0 Å². The van der Waals surface area contributed by atoms with Crippen molar-refractivity contribution in [3.05, 3.63) is 18.0 Å². The van der Waals surface area contributed by atoms with Gasteiger partial charge in [-0.05, 0) is 50.4 Å². The van der Waals surface area contributed by atoms with Crippen LogP contribution in [0, 0.1) is 5.41 Å². The molecule has 0 spiro atoms. The van der Waals surface area contributed by atoms with E-state index in [2.05, 4.69) is 48.7 Å². The number of nitrogens with zero attached hydrogens (tertiary/aromatic N) is 3. The van der Waals surface area contributed by atoms with Crippen LogP contribution in [0.2, 0.25) is 0 Å². The third kappa shape index (κ3) is 3.56. The molecule has 3 nitrogen and oxygen atoms in total. The summed E-state index contributed by atoms with van der Waals surface area (Å²) in [5.41, 5.74) is 1.72. The zero-order chi connectivity index (χ0) is 12.5. The Bertz CT molecular complexity index is 354. The molecule has 1 aromatic heterocycles. The molecule has 0 saturated carbocycles. The van der Waals surface area contributed by atoms with E-state index in [1.165, 1.54) is 31.5 Å². The highest BCUT2D eigenvalue weighted by Crippen LogP contribution is 2.24. The highest BCUT2D eigenvalue weighted by molar-refractivity contribution is 5.07. The summed E-state index contributed by atoms with van der Waals surface area (Å²) in [4.78, 5) is 2.40. The molecule has 1 aliphatic rings. The van der Waals surface area contributed by atoms with Gasteiger partial charge in [-0.3, -0.25) is 4.68 Å². The Labute approximate surface area is 105 Å². The van der Waals surface area contributed by atoms with Gasteiger partial charge in [-0.15, -0.1) is 0 Å². The van der Waals surface area contributed by atoms with E-state index in [9.17, 15) is 0 Å². The van der Waals surface area contributed by atoms with Crippen molar-refractivity contribution in [3.63, 3.8) is 0 Å². The molecule has 0 unspecified atom stereocenters. The number of likely N-dealkylation sites (tertiary alicyclic amines) is 1. The third-order valence-electron chi connectivity index (χ3n) is 3.45. The SMILES string of the molecule is CN1CCC(n2cc(CC(C)(C)C)cn2)CC1. The molecule has 0 aromatic carbocycles. The van der Waals surface area contributed by atoms with Crippen molar-refractivity contribution in [1.82, 2.24) is 14.7 Å². The van der Waals surface area contributed by atoms with Gasteiger partial charge in [0.15, 0.2) is 0 Å². The van der Waals surface area contributed by atoms with Crippen LogP contribution in [0.5, 0.6) is 0 Å². The van der Waals surface area contributed by atoms with E-state index in [-0.39, 0.29) is 0 Å². The lowest BCUT2D eigenvalue weighted by atomic mass is 9.89. The minimum Gasteiger partial charge on any atom is -0.306 e. The summed E-state index contributed by atoms with van der Waals surface area (Å²) in [7, 11) is 2.20. The second kappa shape index (κ2) is 4.81. The van der Waals surface area contributed by atoms with Crippen LogP contribution in [0.15, 0.2) is 12.4 Å². The van der Waals surface area contributed by atoms with Crippen molar-refractivity contribution in [3.8, 4) is 0 Å². The molecule has 0 N–H and O–H groups in total. The first-order chi connectivity index (χ1) is 7.94. The molecule has 0 radical (unpaired) electrons. The maximum absolute atomic E-state index is 4.55. The minimum absolute atomic E-state index is 0.348.